The molecule has 1 aliphatic heterocycles. The zero-order valence-electron chi connectivity index (χ0n) is 17.4. The molecule has 1 fully saturated rings. The molecule has 7 nitrogen and oxygen atoms in total. The molecular formula is C24H26N6O. The van der Waals surface area contributed by atoms with Gasteiger partial charge in [0.05, 0.1) is 12.1 Å². The quantitative estimate of drug-likeness (QED) is 0.506. The maximum Gasteiger partial charge on any atom is 0.253 e. The fourth-order valence-corrected chi connectivity index (χ4v) is 4.44. The van der Waals surface area contributed by atoms with E-state index in [9.17, 15) is 4.79 Å². The van der Waals surface area contributed by atoms with Crippen LogP contribution in [-0.4, -0.2) is 43.6 Å². The Hall–Kier alpha value is -3.45. The van der Waals surface area contributed by atoms with Crippen molar-refractivity contribution in [1.29, 1.82) is 0 Å². The number of piperidine rings is 1. The molecule has 0 radical (unpaired) electrons. The molecule has 0 unspecified atom stereocenters. The summed E-state index contributed by atoms with van der Waals surface area (Å²) in [4.78, 5) is 18.6. The second-order valence-electron chi connectivity index (χ2n) is 8.31. The molecule has 7 heteroatoms. The Balaban J connectivity index is 1.22. The van der Waals surface area contributed by atoms with Gasteiger partial charge in [-0.2, -0.15) is 4.98 Å². The van der Waals surface area contributed by atoms with Crippen molar-refractivity contribution in [2.45, 2.75) is 25.8 Å². The number of aromatic nitrogens is 4. The molecule has 3 N–H and O–H groups in total. The minimum atomic E-state index is -0.428. The van der Waals surface area contributed by atoms with Gasteiger partial charge in [0, 0.05) is 17.1 Å². The summed E-state index contributed by atoms with van der Waals surface area (Å²) in [5.74, 6) is 1.80. The first-order chi connectivity index (χ1) is 15.2. The minimum absolute atomic E-state index is 0.428. The van der Waals surface area contributed by atoms with E-state index in [-0.39, 0.29) is 0 Å². The lowest BCUT2D eigenvalue weighted by Crippen LogP contribution is -2.34. The van der Waals surface area contributed by atoms with Crippen LogP contribution in [0.15, 0.2) is 60.8 Å². The van der Waals surface area contributed by atoms with Crippen LogP contribution >= 0.6 is 0 Å². The predicted molar refractivity (Wildman–Crippen MR) is 120 cm³/mol. The van der Waals surface area contributed by atoms with Crippen molar-refractivity contribution in [2.24, 2.45) is 11.7 Å². The zero-order valence-corrected chi connectivity index (χ0v) is 17.4. The molecule has 158 valence electrons. The maximum atomic E-state index is 11.4. The average Bonchev–Trinajstić information content (AvgIpc) is 3.42. The normalized spacial score (nSPS) is 15.5. The van der Waals surface area contributed by atoms with Gasteiger partial charge < -0.3 is 5.73 Å². The molecule has 0 atom stereocenters. The topological polar surface area (TPSA) is 92.8 Å². The van der Waals surface area contributed by atoms with E-state index in [0.29, 0.717) is 11.5 Å². The first-order valence-corrected chi connectivity index (χ1v) is 10.7. The van der Waals surface area contributed by atoms with E-state index in [0.717, 1.165) is 42.3 Å². The largest absolute Gasteiger partial charge is 0.366 e. The Morgan fingerprint density at radius 3 is 2.68 bits per heavy atom. The number of aromatic amines is 1. The number of hydrogen-bond donors (Lipinski definition) is 2. The lowest BCUT2D eigenvalue weighted by molar-refractivity contribution is 0.100. The van der Waals surface area contributed by atoms with Crippen molar-refractivity contribution in [3.63, 3.8) is 0 Å². The van der Waals surface area contributed by atoms with E-state index in [4.69, 9.17) is 10.7 Å². The van der Waals surface area contributed by atoms with Crippen LogP contribution in [0.1, 0.15) is 34.6 Å². The summed E-state index contributed by atoms with van der Waals surface area (Å²) in [6.45, 7) is 2.93. The van der Waals surface area contributed by atoms with E-state index in [1.54, 1.807) is 12.1 Å². The van der Waals surface area contributed by atoms with Gasteiger partial charge in [-0.05, 0) is 68.1 Å². The van der Waals surface area contributed by atoms with Crippen LogP contribution in [-0.2, 0) is 13.0 Å². The number of nitrogens with zero attached hydrogens (tertiary/aromatic N) is 4. The number of H-pyrrole nitrogens is 1. The zero-order chi connectivity index (χ0) is 21.2. The smallest absolute Gasteiger partial charge is 0.253 e. The maximum absolute atomic E-state index is 11.4. The predicted octanol–water partition coefficient (Wildman–Crippen LogP) is 3.30. The molecule has 2 aromatic carbocycles. The lowest BCUT2D eigenvalue weighted by atomic mass is 9.90. The average molecular weight is 415 g/mol. The number of benzene rings is 2. The molecule has 5 rings (SSSR count). The minimum Gasteiger partial charge on any atom is -0.366 e. The third-order valence-corrected chi connectivity index (χ3v) is 6.16. The first-order valence-electron chi connectivity index (χ1n) is 10.7. The third kappa shape index (κ3) is 4.22. The summed E-state index contributed by atoms with van der Waals surface area (Å²) in [6.07, 6.45) is 5.50. The fourth-order valence-electron chi connectivity index (χ4n) is 4.44. The van der Waals surface area contributed by atoms with Crippen LogP contribution in [0.5, 0.6) is 0 Å². The molecule has 0 saturated carbocycles. The highest BCUT2D eigenvalue weighted by Gasteiger charge is 2.21. The molecule has 1 saturated heterocycles. The molecular weight excluding hydrogens is 388 g/mol. The Morgan fingerprint density at radius 1 is 1.10 bits per heavy atom. The van der Waals surface area contributed by atoms with Gasteiger partial charge in [-0.1, -0.05) is 30.3 Å². The number of hydrogen-bond acceptors (Lipinski definition) is 4. The summed E-state index contributed by atoms with van der Waals surface area (Å²) in [7, 11) is 0. The second kappa shape index (κ2) is 8.35. The number of fused-ring (bicyclic) bond motifs is 1. The molecule has 3 heterocycles. The van der Waals surface area contributed by atoms with E-state index < -0.39 is 5.91 Å². The van der Waals surface area contributed by atoms with Gasteiger partial charge in [0.2, 0.25) is 5.91 Å². The van der Waals surface area contributed by atoms with Crippen LogP contribution in [0.25, 0.3) is 16.9 Å². The number of nitrogens with one attached hydrogen (secondary N) is 1. The number of likely N-dealkylation sites (tertiary alicyclic amines) is 1. The van der Waals surface area contributed by atoms with Crippen molar-refractivity contribution in [3.8, 4) is 5.95 Å². The van der Waals surface area contributed by atoms with Gasteiger partial charge in [-0.15, -0.1) is 5.10 Å². The number of carbonyl (C=O) groups is 1. The summed E-state index contributed by atoms with van der Waals surface area (Å²) in [5.41, 5.74) is 8.25. The van der Waals surface area contributed by atoms with Crippen molar-refractivity contribution >= 4 is 16.8 Å². The first kappa shape index (κ1) is 19.5. The fraction of sp³-hybridized carbons (Fsp3) is 0.292. The van der Waals surface area contributed by atoms with Gasteiger partial charge in [0.15, 0.2) is 0 Å². The van der Waals surface area contributed by atoms with Crippen molar-refractivity contribution in [1.82, 2.24) is 24.6 Å². The van der Waals surface area contributed by atoms with Crippen molar-refractivity contribution in [2.75, 3.05) is 13.1 Å². The van der Waals surface area contributed by atoms with E-state index in [2.05, 4.69) is 45.4 Å². The van der Waals surface area contributed by atoms with Gasteiger partial charge in [0.25, 0.3) is 5.95 Å². The van der Waals surface area contributed by atoms with E-state index >= 15 is 0 Å². The highest BCUT2D eigenvalue weighted by Crippen LogP contribution is 2.23. The van der Waals surface area contributed by atoms with Crippen LogP contribution in [0.2, 0.25) is 0 Å². The Kier molecular flexibility index (Phi) is 5.26. The van der Waals surface area contributed by atoms with Gasteiger partial charge in [0.1, 0.15) is 5.82 Å². The molecule has 0 spiro atoms. The van der Waals surface area contributed by atoms with Crippen LogP contribution in [0, 0.1) is 5.92 Å². The summed E-state index contributed by atoms with van der Waals surface area (Å²) < 4.78 is 1.92. The van der Waals surface area contributed by atoms with Crippen molar-refractivity contribution in [3.05, 3.63) is 77.7 Å². The van der Waals surface area contributed by atoms with Crippen molar-refractivity contribution < 1.29 is 4.79 Å². The van der Waals surface area contributed by atoms with Gasteiger partial charge in [-0.3, -0.25) is 19.4 Å². The van der Waals surface area contributed by atoms with E-state index in [1.165, 1.54) is 24.8 Å². The SMILES string of the molecule is NC(=O)c1ccc2c(ccn2-c2n[nH]c(CN3CCC(Cc4ccccc4)CC3)n2)c1. The molecule has 0 bridgehead atoms. The Morgan fingerprint density at radius 2 is 1.90 bits per heavy atom. The Labute approximate surface area is 180 Å². The molecule has 31 heavy (non-hydrogen) atoms. The third-order valence-electron chi connectivity index (χ3n) is 6.16. The molecule has 4 aromatic rings. The van der Waals surface area contributed by atoms with Gasteiger partial charge >= 0.3 is 0 Å². The number of rotatable bonds is 6. The second-order valence-corrected chi connectivity index (χ2v) is 8.31. The summed E-state index contributed by atoms with van der Waals surface area (Å²) in [6, 6.07) is 18.1. The highest BCUT2D eigenvalue weighted by atomic mass is 16.1. The Bertz CT molecular complexity index is 1190. The summed E-state index contributed by atoms with van der Waals surface area (Å²) in [5, 5.41) is 8.43. The number of carbonyl (C=O) groups excluding carboxylic acids is 1. The van der Waals surface area contributed by atoms with E-state index in [1.807, 2.05) is 22.9 Å². The summed E-state index contributed by atoms with van der Waals surface area (Å²) >= 11 is 0. The number of amides is 1. The highest BCUT2D eigenvalue weighted by molar-refractivity contribution is 5.97. The lowest BCUT2D eigenvalue weighted by Gasteiger charge is -2.31. The molecule has 1 aliphatic rings. The molecule has 1 amide bonds. The standard InChI is InChI=1S/C24H26N6O/c25-23(31)20-6-7-21-19(15-20)10-13-30(21)24-26-22(27-28-24)16-29-11-8-18(9-12-29)14-17-4-2-1-3-5-17/h1-7,10,13,15,18H,8-9,11-12,14,16H2,(H2,25,31)(H,26,27,28). The van der Waals surface area contributed by atoms with Crippen LogP contribution < -0.4 is 5.73 Å². The molecule has 2 aromatic heterocycles. The number of primary amides is 1. The molecule has 0 aliphatic carbocycles. The van der Waals surface area contributed by atoms with Gasteiger partial charge in [-0.25, -0.2) is 0 Å². The van der Waals surface area contributed by atoms with Crippen LogP contribution in [0.3, 0.4) is 0 Å². The number of nitrogens with two attached hydrogens (primary N) is 1. The monoisotopic (exact) mass is 414 g/mol. The van der Waals surface area contributed by atoms with Crippen LogP contribution in [0.4, 0.5) is 0 Å².